The van der Waals surface area contributed by atoms with Gasteiger partial charge in [0.25, 0.3) is 0 Å². The Morgan fingerprint density at radius 2 is 1.85 bits per heavy atom. The third-order valence-corrected chi connectivity index (χ3v) is 3.48. The average Bonchev–Trinajstić information content (AvgIpc) is 2.46. The number of hydrogen-bond donors (Lipinski definition) is 0. The van der Waals surface area contributed by atoms with Crippen LogP contribution in [0.15, 0.2) is 46.9 Å². The van der Waals surface area contributed by atoms with Crippen molar-refractivity contribution in [2.24, 2.45) is 0 Å². The summed E-state index contributed by atoms with van der Waals surface area (Å²) < 4.78 is 11.3. The molecule has 0 atom stereocenters. The zero-order valence-corrected chi connectivity index (χ0v) is 12.9. The smallest absolute Gasteiger partial charge is 0.337 e. The van der Waals surface area contributed by atoms with E-state index in [0.717, 1.165) is 15.8 Å². The number of hydrogen-bond acceptors (Lipinski definition) is 3. The lowest BCUT2D eigenvalue weighted by molar-refractivity contribution is 0.0600. The van der Waals surface area contributed by atoms with Gasteiger partial charge in [-0.05, 0) is 58.2 Å². The first-order valence-corrected chi connectivity index (χ1v) is 6.95. The number of carbonyl (C=O) groups is 1. The molecular formula is C16H15BrO3. The lowest BCUT2D eigenvalue weighted by Crippen LogP contribution is -2.02. The van der Waals surface area contributed by atoms with Gasteiger partial charge in [0.05, 0.1) is 17.1 Å². The minimum atomic E-state index is -0.334. The van der Waals surface area contributed by atoms with E-state index in [9.17, 15) is 4.79 Å². The highest BCUT2D eigenvalue weighted by Crippen LogP contribution is 2.26. The Labute approximate surface area is 126 Å². The van der Waals surface area contributed by atoms with Crippen LogP contribution in [0.25, 0.3) is 0 Å². The van der Waals surface area contributed by atoms with Gasteiger partial charge in [-0.15, -0.1) is 0 Å². The highest BCUT2D eigenvalue weighted by atomic mass is 79.9. The molecule has 0 fully saturated rings. The number of ether oxygens (including phenoxy) is 2. The van der Waals surface area contributed by atoms with Crippen LogP contribution in [0.4, 0.5) is 0 Å². The van der Waals surface area contributed by atoms with Crippen LogP contribution in [0.3, 0.4) is 0 Å². The molecule has 0 radical (unpaired) electrons. The molecule has 3 nitrogen and oxygen atoms in total. The lowest BCUT2D eigenvalue weighted by atomic mass is 10.1. The summed E-state index contributed by atoms with van der Waals surface area (Å²) in [5.41, 5.74) is 2.70. The molecule has 0 aliphatic heterocycles. The zero-order valence-electron chi connectivity index (χ0n) is 11.4. The van der Waals surface area contributed by atoms with Crippen molar-refractivity contribution >= 4 is 21.9 Å². The van der Waals surface area contributed by atoms with E-state index in [-0.39, 0.29) is 5.97 Å². The van der Waals surface area contributed by atoms with Crippen LogP contribution in [-0.4, -0.2) is 13.1 Å². The largest absolute Gasteiger partial charge is 0.488 e. The second-order valence-electron chi connectivity index (χ2n) is 4.41. The highest BCUT2D eigenvalue weighted by Gasteiger charge is 2.05. The molecule has 0 unspecified atom stereocenters. The Kier molecular flexibility index (Phi) is 4.79. The highest BCUT2D eigenvalue weighted by molar-refractivity contribution is 9.10. The van der Waals surface area contributed by atoms with Gasteiger partial charge in [0.1, 0.15) is 12.4 Å². The van der Waals surface area contributed by atoms with Gasteiger partial charge in [-0.25, -0.2) is 4.79 Å². The SMILES string of the molecule is COC(=O)c1ccc(COc2ccc(C)cc2Br)cc1. The summed E-state index contributed by atoms with van der Waals surface area (Å²) in [5, 5.41) is 0. The first-order chi connectivity index (χ1) is 9.60. The second-order valence-corrected chi connectivity index (χ2v) is 5.27. The fourth-order valence-corrected chi connectivity index (χ4v) is 2.35. The number of rotatable bonds is 4. The summed E-state index contributed by atoms with van der Waals surface area (Å²) >= 11 is 3.47. The first-order valence-electron chi connectivity index (χ1n) is 6.16. The molecule has 0 saturated carbocycles. The molecule has 0 N–H and O–H groups in total. The Balaban J connectivity index is 2.02. The average molecular weight is 335 g/mol. The number of carbonyl (C=O) groups excluding carboxylic acids is 1. The molecule has 2 rings (SSSR count). The van der Waals surface area contributed by atoms with Crippen LogP contribution in [0.2, 0.25) is 0 Å². The van der Waals surface area contributed by atoms with Crippen molar-refractivity contribution < 1.29 is 14.3 Å². The van der Waals surface area contributed by atoms with E-state index < -0.39 is 0 Å². The van der Waals surface area contributed by atoms with Gasteiger partial charge in [-0.1, -0.05) is 18.2 Å². The fraction of sp³-hybridized carbons (Fsp3) is 0.188. The zero-order chi connectivity index (χ0) is 14.5. The molecule has 0 aromatic heterocycles. The number of aryl methyl sites for hydroxylation is 1. The topological polar surface area (TPSA) is 35.5 Å². The van der Waals surface area contributed by atoms with Crippen molar-refractivity contribution in [3.05, 3.63) is 63.6 Å². The number of halogens is 1. The number of benzene rings is 2. The molecule has 0 amide bonds. The Morgan fingerprint density at radius 3 is 2.45 bits per heavy atom. The maximum atomic E-state index is 11.3. The summed E-state index contributed by atoms with van der Waals surface area (Å²) in [6.07, 6.45) is 0. The third kappa shape index (κ3) is 3.61. The van der Waals surface area contributed by atoms with E-state index in [1.54, 1.807) is 12.1 Å². The van der Waals surface area contributed by atoms with E-state index >= 15 is 0 Å². The Morgan fingerprint density at radius 1 is 1.15 bits per heavy atom. The molecule has 104 valence electrons. The van der Waals surface area contributed by atoms with Gasteiger partial charge in [0.15, 0.2) is 0 Å². The van der Waals surface area contributed by atoms with Crippen molar-refractivity contribution in [1.29, 1.82) is 0 Å². The van der Waals surface area contributed by atoms with E-state index in [1.165, 1.54) is 12.7 Å². The molecule has 0 heterocycles. The standard InChI is InChI=1S/C16H15BrO3/c1-11-3-8-15(14(17)9-11)20-10-12-4-6-13(7-5-12)16(18)19-2/h3-9H,10H2,1-2H3. The van der Waals surface area contributed by atoms with Gasteiger partial charge in [-0.3, -0.25) is 0 Å². The van der Waals surface area contributed by atoms with Crippen molar-refractivity contribution in [3.8, 4) is 5.75 Å². The molecule has 2 aromatic rings. The fourth-order valence-electron chi connectivity index (χ4n) is 1.74. The summed E-state index contributed by atoms with van der Waals surface area (Å²) in [5.74, 6) is 0.464. The molecule has 0 aliphatic rings. The number of methoxy groups -OCH3 is 1. The molecule has 2 aromatic carbocycles. The minimum absolute atomic E-state index is 0.334. The second kappa shape index (κ2) is 6.57. The third-order valence-electron chi connectivity index (χ3n) is 2.86. The van der Waals surface area contributed by atoms with Crippen LogP contribution in [0, 0.1) is 6.92 Å². The lowest BCUT2D eigenvalue weighted by Gasteiger charge is -2.09. The summed E-state index contributed by atoms with van der Waals surface area (Å²) in [7, 11) is 1.37. The van der Waals surface area contributed by atoms with Gasteiger partial charge in [-0.2, -0.15) is 0 Å². The molecule has 0 saturated heterocycles. The van der Waals surface area contributed by atoms with Gasteiger partial charge in [0, 0.05) is 0 Å². The maximum absolute atomic E-state index is 11.3. The van der Waals surface area contributed by atoms with Crippen LogP contribution < -0.4 is 4.74 Å². The first kappa shape index (κ1) is 14.6. The minimum Gasteiger partial charge on any atom is -0.488 e. The Bertz CT molecular complexity index is 606. The van der Waals surface area contributed by atoms with E-state index in [1.807, 2.05) is 37.3 Å². The van der Waals surface area contributed by atoms with Gasteiger partial charge in [0.2, 0.25) is 0 Å². The van der Waals surface area contributed by atoms with E-state index in [2.05, 4.69) is 20.7 Å². The van der Waals surface area contributed by atoms with Crippen LogP contribution >= 0.6 is 15.9 Å². The van der Waals surface area contributed by atoms with Gasteiger partial charge < -0.3 is 9.47 Å². The quantitative estimate of drug-likeness (QED) is 0.789. The normalized spacial score (nSPS) is 10.2. The molecule has 0 aliphatic carbocycles. The number of esters is 1. The van der Waals surface area contributed by atoms with Crippen molar-refractivity contribution in [2.75, 3.05) is 7.11 Å². The van der Waals surface area contributed by atoms with Crippen LogP contribution in [0.1, 0.15) is 21.5 Å². The maximum Gasteiger partial charge on any atom is 0.337 e. The predicted octanol–water partition coefficient (Wildman–Crippen LogP) is 4.12. The molecule has 0 spiro atoms. The molecule has 0 bridgehead atoms. The molecule has 20 heavy (non-hydrogen) atoms. The monoisotopic (exact) mass is 334 g/mol. The molecule has 4 heteroatoms. The summed E-state index contributed by atoms with van der Waals surface area (Å²) in [6, 6.07) is 13.1. The van der Waals surface area contributed by atoms with Crippen molar-refractivity contribution in [2.45, 2.75) is 13.5 Å². The van der Waals surface area contributed by atoms with E-state index in [4.69, 9.17) is 4.74 Å². The van der Waals surface area contributed by atoms with Crippen LogP contribution in [-0.2, 0) is 11.3 Å². The van der Waals surface area contributed by atoms with Crippen LogP contribution in [0.5, 0.6) is 5.75 Å². The Hall–Kier alpha value is -1.81. The van der Waals surface area contributed by atoms with E-state index in [0.29, 0.717) is 12.2 Å². The van der Waals surface area contributed by atoms with Crippen molar-refractivity contribution in [3.63, 3.8) is 0 Å². The summed E-state index contributed by atoms with van der Waals surface area (Å²) in [4.78, 5) is 11.3. The van der Waals surface area contributed by atoms with Crippen molar-refractivity contribution in [1.82, 2.24) is 0 Å². The predicted molar refractivity (Wildman–Crippen MR) is 81.0 cm³/mol. The summed E-state index contributed by atoms with van der Waals surface area (Å²) in [6.45, 7) is 2.48. The van der Waals surface area contributed by atoms with Gasteiger partial charge >= 0.3 is 5.97 Å². The molecular weight excluding hydrogens is 320 g/mol.